The van der Waals surface area contributed by atoms with Crippen LogP contribution in [0.15, 0.2) is 46.0 Å². The van der Waals surface area contributed by atoms with Crippen molar-refractivity contribution >= 4 is 30.4 Å². The number of nitrogens with zero attached hydrogens (tertiary/aromatic N) is 5. The van der Waals surface area contributed by atoms with Gasteiger partial charge in [-0.1, -0.05) is 36.7 Å². The lowest BCUT2D eigenvalue weighted by Gasteiger charge is -2.32. The predicted octanol–water partition coefficient (Wildman–Crippen LogP) is 4.48. The van der Waals surface area contributed by atoms with Gasteiger partial charge in [-0.25, -0.2) is 4.39 Å². The lowest BCUT2D eigenvalue weighted by atomic mass is 10.00. The van der Waals surface area contributed by atoms with Crippen molar-refractivity contribution < 1.29 is 9.18 Å². The van der Waals surface area contributed by atoms with Gasteiger partial charge in [0.1, 0.15) is 12.4 Å². The first-order valence-electron chi connectivity index (χ1n) is 9.94. The molecule has 0 radical (unpaired) electrons. The van der Waals surface area contributed by atoms with Crippen molar-refractivity contribution in [1.82, 2.24) is 15.1 Å². The maximum atomic E-state index is 13.5. The molecule has 0 amide bonds. The molecule has 0 spiro atoms. The fraction of sp³-hybridized carbons (Fsp3) is 0.381. The maximum Gasteiger partial charge on any atom is 0.235 e. The molecular formula is C21H26ClFN6O2. The van der Waals surface area contributed by atoms with Crippen LogP contribution in [-0.2, 0) is 11.3 Å². The van der Waals surface area contributed by atoms with Crippen molar-refractivity contribution in [2.45, 2.75) is 39.8 Å². The zero-order valence-electron chi connectivity index (χ0n) is 17.8. The quantitative estimate of drug-likeness (QED) is 0.365. The highest BCUT2D eigenvalue weighted by Crippen LogP contribution is 2.30. The molecule has 1 aliphatic rings. The molecule has 0 bridgehead atoms. The normalized spacial score (nSPS) is 14.4. The number of nitrogens with one attached hydrogen (secondary N) is 1. The number of hydrogen-bond donors (Lipinski definition) is 1. The second-order valence-electron chi connectivity index (χ2n) is 6.62. The Bertz CT molecular complexity index is 975. The van der Waals surface area contributed by atoms with Gasteiger partial charge in [-0.05, 0) is 36.9 Å². The highest BCUT2D eigenvalue weighted by molar-refractivity contribution is 6.32. The van der Waals surface area contributed by atoms with E-state index < -0.39 is 5.82 Å². The zero-order valence-corrected chi connectivity index (χ0v) is 18.6. The van der Waals surface area contributed by atoms with Gasteiger partial charge >= 0.3 is 0 Å². The number of nitroso groups, excluding NO2 is 1. The van der Waals surface area contributed by atoms with Crippen molar-refractivity contribution in [2.75, 3.05) is 18.0 Å². The van der Waals surface area contributed by atoms with Crippen LogP contribution >= 0.6 is 11.6 Å². The summed E-state index contributed by atoms with van der Waals surface area (Å²) in [5.41, 5.74) is 3.61. The number of carbonyl (C=O) groups excluding carboxylic acids is 1. The molecule has 2 aromatic rings. The van der Waals surface area contributed by atoms with E-state index >= 15 is 0 Å². The summed E-state index contributed by atoms with van der Waals surface area (Å²) in [5, 5.41) is 10.5. The lowest BCUT2D eigenvalue weighted by Crippen LogP contribution is -2.35. The van der Waals surface area contributed by atoms with E-state index in [9.17, 15) is 14.1 Å². The summed E-state index contributed by atoms with van der Waals surface area (Å²) in [6.07, 6.45) is 2.71. The second-order valence-corrected chi connectivity index (χ2v) is 6.98. The molecule has 1 aromatic heterocycles. The predicted molar refractivity (Wildman–Crippen MR) is 122 cm³/mol. The van der Waals surface area contributed by atoms with E-state index in [1.165, 1.54) is 18.3 Å². The van der Waals surface area contributed by atoms with Crippen LogP contribution in [0.4, 0.5) is 10.1 Å². The molecule has 0 saturated heterocycles. The van der Waals surface area contributed by atoms with E-state index in [2.05, 4.69) is 27.3 Å². The van der Waals surface area contributed by atoms with Crippen LogP contribution in [0, 0.1) is 10.7 Å². The van der Waals surface area contributed by atoms with Crippen LogP contribution in [0.3, 0.4) is 0 Å². The summed E-state index contributed by atoms with van der Waals surface area (Å²) < 4.78 is 14.6. The lowest BCUT2D eigenvalue weighted by molar-refractivity contribution is 0.540. The molecule has 8 nitrogen and oxygen atoms in total. The molecule has 1 N–H and O–H groups in total. The first-order valence-corrected chi connectivity index (χ1v) is 10.3. The molecule has 1 atom stereocenters. The minimum atomic E-state index is -0.409. The van der Waals surface area contributed by atoms with Gasteiger partial charge in [-0.15, -0.1) is 0 Å². The van der Waals surface area contributed by atoms with E-state index in [4.69, 9.17) is 11.6 Å². The zero-order chi connectivity index (χ0) is 23.0. The molecule has 10 heteroatoms. The van der Waals surface area contributed by atoms with E-state index in [0.29, 0.717) is 37.2 Å². The van der Waals surface area contributed by atoms with Gasteiger partial charge in [0.25, 0.3) is 0 Å². The largest absolute Gasteiger partial charge is 0.380 e. The van der Waals surface area contributed by atoms with Crippen molar-refractivity contribution in [3.8, 4) is 0 Å². The SMILES string of the molecule is C=NC1=C(NC(C)c2ccc(F)cc2CN=O)CCN(c2cnn(C=O)c2Cl)C1.CC. The highest BCUT2D eigenvalue weighted by Gasteiger charge is 2.24. The van der Waals surface area contributed by atoms with E-state index in [-0.39, 0.29) is 17.7 Å². The molecule has 2 heterocycles. The van der Waals surface area contributed by atoms with Crippen molar-refractivity contribution in [3.63, 3.8) is 0 Å². The first kappa shape index (κ1) is 24.2. The van der Waals surface area contributed by atoms with E-state index in [1.54, 1.807) is 6.07 Å². The van der Waals surface area contributed by atoms with Crippen LogP contribution < -0.4 is 10.2 Å². The summed E-state index contributed by atoms with van der Waals surface area (Å²) in [6, 6.07) is 4.15. The molecule has 1 aliphatic heterocycles. The van der Waals surface area contributed by atoms with Crippen molar-refractivity contribution in [1.29, 1.82) is 0 Å². The monoisotopic (exact) mass is 448 g/mol. The Morgan fingerprint density at radius 1 is 1.42 bits per heavy atom. The van der Waals surface area contributed by atoms with Gasteiger partial charge < -0.3 is 10.2 Å². The number of benzene rings is 1. The molecule has 1 unspecified atom stereocenters. The van der Waals surface area contributed by atoms with E-state index in [0.717, 1.165) is 21.6 Å². The van der Waals surface area contributed by atoms with Gasteiger partial charge in [0.05, 0.1) is 24.1 Å². The van der Waals surface area contributed by atoms with Gasteiger partial charge in [0, 0.05) is 24.7 Å². The molecule has 166 valence electrons. The molecular weight excluding hydrogens is 423 g/mol. The van der Waals surface area contributed by atoms with Crippen LogP contribution in [-0.4, -0.2) is 36.0 Å². The van der Waals surface area contributed by atoms with Crippen LogP contribution in [0.2, 0.25) is 5.15 Å². The average Bonchev–Trinajstić information content (AvgIpc) is 3.16. The average molecular weight is 449 g/mol. The van der Waals surface area contributed by atoms with Gasteiger partial charge in [-0.2, -0.15) is 14.7 Å². The van der Waals surface area contributed by atoms with Crippen LogP contribution in [0.5, 0.6) is 0 Å². The number of aliphatic imine (C=N–C) groups is 1. The minimum Gasteiger partial charge on any atom is -0.380 e. The number of halogens is 2. The number of carbonyl (C=O) groups is 1. The number of rotatable bonds is 8. The second kappa shape index (κ2) is 11.4. The Kier molecular flexibility index (Phi) is 8.87. The fourth-order valence-electron chi connectivity index (χ4n) is 3.42. The maximum absolute atomic E-state index is 13.5. The molecule has 31 heavy (non-hydrogen) atoms. The third-order valence-electron chi connectivity index (χ3n) is 4.87. The topological polar surface area (TPSA) is 91.9 Å². The summed E-state index contributed by atoms with van der Waals surface area (Å²) in [5.74, 6) is -0.409. The third kappa shape index (κ3) is 5.55. The summed E-state index contributed by atoms with van der Waals surface area (Å²) in [6.45, 7) is 10.5. The molecule has 0 saturated carbocycles. The standard InChI is InChI=1S/C19H20ClFN6O2.C2H6/c1-12(15-4-3-14(21)7-13(15)8-24-29)25-16-5-6-26(10-17(16)22-2)18-9-23-27(11-28)19(18)20;1-2/h3-4,7,9,11-12,25H,2,5-6,8,10H2,1H3;1-2H3. The summed E-state index contributed by atoms with van der Waals surface area (Å²) in [7, 11) is 0. The number of aromatic nitrogens is 2. The Morgan fingerprint density at radius 2 is 2.16 bits per heavy atom. The van der Waals surface area contributed by atoms with E-state index in [1.807, 2.05) is 25.7 Å². The summed E-state index contributed by atoms with van der Waals surface area (Å²) in [4.78, 5) is 27.8. The fourth-order valence-corrected chi connectivity index (χ4v) is 3.67. The third-order valence-corrected chi connectivity index (χ3v) is 5.23. The highest BCUT2D eigenvalue weighted by atomic mass is 35.5. The number of hydrogen-bond acceptors (Lipinski definition) is 7. The van der Waals surface area contributed by atoms with Crippen LogP contribution in [0.1, 0.15) is 44.4 Å². The van der Waals surface area contributed by atoms with Gasteiger partial charge in [0.15, 0.2) is 5.15 Å². The number of anilines is 1. The Labute approximate surface area is 185 Å². The van der Waals surface area contributed by atoms with Crippen molar-refractivity contribution in [3.05, 3.63) is 62.8 Å². The van der Waals surface area contributed by atoms with Gasteiger partial charge in [-0.3, -0.25) is 9.79 Å². The Hall–Kier alpha value is -3.07. The molecule has 1 aromatic carbocycles. The minimum absolute atomic E-state index is 0.0995. The summed E-state index contributed by atoms with van der Waals surface area (Å²) >= 11 is 6.19. The van der Waals surface area contributed by atoms with Crippen LogP contribution in [0.25, 0.3) is 0 Å². The van der Waals surface area contributed by atoms with Crippen molar-refractivity contribution in [2.24, 2.45) is 10.2 Å². The molecule has 0 fully saturated rings. The first-order chi connectivity index (χ1) is 15.0. The molecule has 3 rings (SSSR count). The Morgan fingerprint density at radius 3 is 2.77 bits per heavy atom. The van der Waals surface area contributed by atoms with Gasteiger partial charge in [0.2, 0.25) is 6.41 Å². The molecule has 0 aliphatic carbocycles. The Balaban J connectivity index is 0.00000166. The smallest absolute Gasteiger partial charge is 0.235 e.